The van der Waals surface area contributed by atoms with Crippen LogP contribution >= 0.6 is 34.5 Å². The lowest BCUT2D eigenvalue weighted by Crippen LogP contribution is -2.48. The summed E-state index contributed by atoms with van der Waals surface area (Å²) in [4.78, 5) is 26.9. The van der Waals surface area contributed by atoms with Crippen LogP contribution in [0.2, 0.25) is 9.62 Å². The van der Waals surface area contributed by atoms with E-state index in [2.05, 4.69) is 15.2 Å². The first-order chi connectivity index (χ1) is 13.8. The number of thiazole rings is 1. The van der Waals surface area contributed by atoms with Crippen LogP contribution in [0.3, 0.4) is 0 Å². The molecule has 0 spiro atoms. The van der Waals surface area contributed by atoms with Crippen LogP contribution in [0.5, 0.6) is 0 Å². The highest BCUT2D eigenvalue weighted by Crippen LogP contribution is 2.29. The largest absolute Gasteiger partial charge is 0.479 e. The summed E-state index contributed by atoms with van der Waals surface area (Å²) in [6.07, 6.45) is -2.37. The van der Waals surface area contributed by atoms with E-state index in [1.54, 1.807) is 0 Å². The molecule has 1 aromatic rings. The predicted octanol–water partition coefficient (Wildman–Crippen LogP) is 0.652. The third kappa shape index (κ3) is 9.40. The molecule has 0 bridgehead atoms. The Hall–Kier alpha value is -1.05. The molecular weight excluding hydrogens is 461 g/mol. The number of hydrogen-bond donors (Lipinski definition) is 6. The standard InChI is InChI=1S/C13H21Cl2N3OS.C4H6O6/c1-13(2,19)8-18(9-3-5-16-6-4-9)7-10-11(14)17-12(15)20-10;5-1(3(7)8)2(6)4(9)10/h9,16,19H,3-8H2,1-2H3;1-2,5-6H,(H,7,8)(H,9,10). The minimum Gasteiger partial charge on any atom is -0.479 e. The van der Waals surface area contributed by atoms with Crippen LogP contribution in [0.15, 0.2) is 0 Å². The number of nitrogens with one attached hydrogen (secondary N) is 1. The molecule has 0 saturated carbocycles. The molecule has 2 rings (SSSR count). The van der Waals surface area contributed by atoms with Gasteiger partial charge in [0.1, 0.15) is 5.15 Å². The molecule has 1 aromatic heterocycles. The third-order valence-electron chi connectivity index (χ3n) is 4.19. The van der Waals surface area contributed by atoms with E-state index in [4.69, 9.17) is 43.6 Å². The summed E-state index contributed by atoms with van der Waals surface area (Å²) in [5.41, 5.74) is -0.730. The van der Waals surface area contributed by atoms with Crippen molar-refractivity contribution >= 4 is 46.5 Å². The van der Waals surface area contributed by atoms with E-state index in [9.17, 15) is 14.7 Å². The number of aromatic nitrogens is 1. The molecular formula is C17H27Cl2N3O7S. The molecule has 1 fully saturated rings. The number of rotatable bonds is 8. The third-order valence-corrected chi connectivity index (χ3v) is 5.76. The molecule has 30 heavy (non-hydrogen) atoms. The molecule has 2 unspecified atom stereocenters. The van der Waals surface area contributed by atoms with E-state index in [0.717, 1.165) is 30.8 Å². The van der Waals surface area contributed by atoms with Crippen LogP contribution < -0.4 is 5.32 Å². The Kier molecular flexibility index (Phi) is 10.9. The first kappa shape index (κ1) is 27.0. The van der Waals surface area contributed by atoms with Crippen LogP contribution in [-0.4, -0.2) is 90.8 Å². The van der Waals surface area contributed by atoms with Crippen molar-refractivity contribution < 1.29 is 35.1 Å². The van der Waals surface area contributed by atoms with Gasteiger partial charge < -0.3 is 30.8 Å². The second kappa shape index (κ2) is 12.1. The first-order valence-electron chi connectivity index (χ1n) is 9.11. The normalized spacial score (nSPS) is 17.2. The highest BCUT2D eigenvalue weighted by atomic mass is 35.5. The van der Waals surface area contributed by atoms with Gasteiger partial charge in [-0.1, -0.05) is 23.2 Å². The number of aliphatic hydroxyl groups is 3. The van der Waals surface area contributed by atoms with E-state index < -0.39 is 29.7 Å². The lowest BCUT2D eigenvalue weighted by atomic mass is 10.0. The van der Waals surface area contributed by atoms with Gasteiger partial charge in [-0.05, 0) is 39.8 Å². The van der Waals surface area contributed by atoms with Gasteiger partial charge >= 0.3 is 11.9 Å². The van der Waals surface area contributed by atoms with Gasteiger partial charge in [-0.15, -0.1) is 11.3 Å². The number of aliphatic carboxylic acids is 2. The van der Waals surface area contributed by atoms with Gasteiger partial charge in [0.25, 0.3) is 0 Å². The van der Waals surface area contributed by atoms with Crippen molar-refractivity contribution in [1.29, 1.82) is 0 Å². The zero-order chi connectivity index (χ0) is 23.1. The number of carbonyl (C=O) groups is 2. The highest BCUT2D eigenvalue weighted by Gasteiger charge is 2.29. The Labute approximate surface area is 188 Å². The number of piperidine rings is 1. The lowest BCUT2D eigenvalue weighted by Gasteiger charge is -2.37. The second-order valence-electron chi connectivity index (χ2n) is 7.45. The van der Waals surface area contributed by atoms with E-state index >= 15 is 0 Å². The fourth-order valence-corrected chi connectivity index (χ4v) is 4.26. The first-order valence-corrected chi connectivity index (χ1v) is 10.7. The van der Waals surface area contributed by atoms with E-state index in [1.165, 1.54) is 11.3 Å². The van der Waals surface area contributed by atoms with Gasteiger partial charge in [-0.3, -0.25) is 4.90 Å². The maximum atomic E-state index is 10.1. The molecule has 1 saturated heterocycles. The molecule has 0 aliphatic carbocycles. The maximum Gasteiger partial charge on any atom is 0.335 e. The number of halogens is 2. The van der Waals surface area contributed by atoms with Gasteiger partial charge in [0.15, 0.2) is 16.7 Å². The average molecular weight is 488 g/mol. The topological polar surface area (TPSA) is 163 Å². The van der Waals surface area contributed by atoms with Crippen molar-refractivity contribution in [2.45, 2.75) is 57.1 Å². The summed E-state index contributed by atoms with van der Waals surface area (Å²) >= 11 is 13.4. The molecule has 1 aliphatic heterocycles. The Bertz CT molecular complexity index is 690. The summed E-state index contributed by atoms with van der Waals surface area (Å²) in [5, 5.41) is 46.5. The molecule has 0 aromatic carbocycles. The van der Waals surface area contributed by atoms with Crippen LogP contribution in [0, 0.1) is 0 Å². The Morgan fingerprint density at radius 2 is 1.70 bits per heavy atom. The summed E-state index contributed by atoms with van der Waals surface area (Å²) in [6.45, 7) is 7.01. The molecule has 2 atom stereocenters. The Morgan fingerprint density at radius 1 is 1.20 bits per heavy atom. The Balaban J connectivity index is 0.000000382. The minimum absolute atomic E-state index is 0.458. The average Bonchev–Trinajstić information content (AvgIpc) is 2.96. The van der Waals surface area contributed by atoms with Gasteiger partial charge in [0, 0.05) is 19.1 Å². The fraction of sp³-hybridized carbons (Fsp3) is 0.706. The molecule has 0 amide bonds. The molecule has 2 heterocycles. The fourth-order valence-electron chi connectivity index (χ4n) is 2.84. The SMILES string of the molecule is CC(C)(O)CN(Cc1sc(Cl)nc1Cl)C1CCNCC1.O=C(O)C(O)C(O)C(=O)O. The van der Waals surface area contributed by atoms with Gasteiger partial charge in [0.2, 0.25) is 0 Å². The summed E-state index contributed by atoms with van der Waals surface area (Å²) in [5.74, 6) is -3.54. The van der Waals surface area contributed by atoms with Crippen molar-refractivity contribution in [2.75, 3.05) is 19.6 Å². The van der Waals surface area contributed by atoms with Crippen molar-refractivity contribution in [1.82, 2.24) is 15.2 Å². The van der Waals surface area contributed by atoms with Crippen LogP contribution in [0.1, 0.15) is 31.6 Å². The molecule has 10 nitrogen and oxygen atoms in total. The molecule has 172 valence electrons. The van der Waals surface area contributed by atoms with Crippen molar-refractivity contribution in [3.05, 3.63) is 14.5 Å². The van der Waals surface area contributed by atoms with Crippen LogP contribution in [-0.2, 0) is 16.1 Å². The second-order valence-corrected chi connectivity index (χ2v) is 9.47. The van der Waals surface area contributed by atoms with Crippen molar-refractivity contribution in [3.8, 4) is 0 Å². The molecule has 0 radical (unpaired) electrons. The summed E-state index contributed by atoms with van der Waals surface area (Å²) in [7, 11) is 0. The van der Waals surface area contributed by atoms with Crippen LogP contribution in [0.4, 0.5) is 0 Å². The number of carboxylic acid groups (broad SMARTS) is 2. The van der Waals surface area contributed by atoms with Gasteiger partial charge in [-0.25, -0.2) is 14.6 Å². The maximum absolute atomic E-state index is 10.1. The minimum atomic E-state index is -2.27. The van der Waals surface area contributed by atoms with Gasteiger partial charge in [-0.2, -0.15) is 0 Å². The number of nitrogens with zero attached hydrogens (tertiary/aromatic N) is 2. The predicted molar refractivity (Wildman–Crippen MR) is 112 cm³/mol. The Morgan fingerprint density at radius 3 is 2.07 bits per heavy atom. The summed E-state index contributed by atoms with van der Waals surface area (Å²) in [6, 6.07) is 0.458. The quantitative estimate of drug-likeness (QED) is 0.306. The van der Waals surface area contributed by atoms with Crippen molar-refractivity contribution in [3.63, 3.8) is 0 Å². The molecule has 6 N–H and O–H groups in total. The van der Waals surface area contributed by atoms with Gasteiger partial charge in [0.05, 0.1) is 10.5 Å². The lowest BCUT2D eigenvalue weighted by molar-refractivity contribution is -0.165. The number of hydrogen-bond acceptors (Lipinski definition) is 9. The van der Waals surface area contributed by atoms with E-state index in [-0.39, 0.29) is 0 Å². The number of carboxylic acids is 2. The highest BCUT2D eigenvalue weighted by molar-refractivity contribution is 7.16. The molecule has 13 heteroatoms. The monoisotopic (exact) mass is 487 g/mol. The van der Waals surface area contributed by atoms with Crippen molar-refractivity contribution in [2.24, 2.45) is 0 Å². The number of aliphatic hydroxyl groups excluding tert-OH is 2. The zero-order valence-electron chi connectivity index (χ0n) is 16.6. The van der Waals surface area contributed by atoms with Crippen LogP contribution in [0.25, 0.3) is 0 Å². The van der Waals surface area contributed by atoms with E-state index in [1.807, 2.05) is 13.8 Å². The zero-order valence-corrected chi connectivity index (χ0v) is 18.9. The van der Waals surface area contributed by atoms with E-state index in [0.29, 0.717) is 28.8 Å². The summed E-state index contributed by atoms with van der Waals surface area (Å²) < 4.78 is 0.471. The molecule has 1 aliphatic rings. The smallest absolute Gasteiger partial charge is 0.335 e.